The van der Waals surface area contributed by atoms with E-state index in [0.29, 0.717) is 47.9 Å². The van der Waals surface area contributed by atoms with E-state index < -0.39 is 0 Å². The molecule has 35 heavy (non-hydrogen) atoms. The summed E-state index contributed by atoms with van der Waals surface area (Å²) in [5, 5.41) is 4.97. The maximum atomic E-state index is 13.1. The van der Waals surface area contributed by atoms with E-state index in [1.807, 2.05) is 62.4 Å². The molecule has 0 spiro atoms. The van der Waals surface area contributed by atoms with Gasteiger partial charge in [-0.15, -0.1) is 0 Å². The van der Waals surface area contributed by atoms with Crippen LogP contribution in [0.4, 0.5) is 0 Å². The van der Waals surface area contributed by atoms with Crippen molar-refractivity contribution in [3.05, 3.63) is 95.3 Å². The zero-order valence-electron chi connectivity index (χ0n) is 19.1. The van der Waals surface area contributed by atoms with E-state index >= 15 is 0 Å². The number of aromatic nitrogens is 2. The summed E-state index contributed by atoms with van der Waals surface area (Å²) in [5.74, 6) is 1.82. The summed E-state index contributed by atoms with van der Waals surface area (Å²) in [6, 6.07) is 17.0. The second-order valence-electron chi connectivity index (χ2n) is 7.57. The van der Waals surface area contributed by atoms with Crippen molar-refractivity contribution in [2.75, 3.05) is 6.61 Å². The van der Waals surface area contributed by atoms with Gasteiger partial charge in [-0.25, -0.2) is 4.98 Å². The van der Waals surface area contributed by atoms with Crippen molar-refractivity contribution in [1.29, 1.82) is 0 Å². The molecular formula is C26H22Br3N3O3. The summed E-state index contributed by atoms with van der Waals surface area (Å²) in [7, 11) is 0. The molecule has 0 saturated heterocycles. The summed E-state index contributed by atoms with van der Waals surface area (Å²) in [6.07, 6.45) is 2.20. The van der Waals surface area contributed by atoms with Crippen LogP contribution in [0.3, 0.4) is 0 Å². The van der Waals surface area contributed by atoms with Crippen molar-refractivity contribution in [1.82, 2.24) is 9.66 Å². The molecule has 0 fully saturated rings. The smallest absolute Gasteiger partial charge is 0.282 e. The summed E-state index contributed by atoms with van der Waals surface area (Å²) in [6.45, 7) is 4.74. The van der Waals surface area contributed by atoms with E-state index in [4.69, 9.17) is 9.47 Å². The van der Waals surface area contributed by atoms with E-state index in [9.17, 15) is 4.79 Å². The van der Waals surface area contributed by atoms with E-state index in [2.05, 4.69) is 57.9 Å². The Hall–Kier alpha value is -2.49. The Labute approximate surface area is 228 Å². The van der Waals surface area contributed by atoms with Gasteiger partial charge in [-0.05, 0) is 61.0 Å². The number of rotatable bonds is 8. The molecule has 9 heteroatoms. The topological polar surface area (TPSA) is 65.7 Å². The number of fused-ring (bicyclic) bond motifs is 1. The van der Waals surface area contributed by atoms with Gasteiger partial charge in [0.2, 0.25) is 0 Å². The third-order valence-electron chi connectivity index (χ3n) is 5.18. The van der Waals surface area contributed by atoms with Crippen LogP contribution < -0.4 is 15.0 Å². The molecule has 0 saturated carbocycles. The minimum atomic E-state index is -0.213. The van der Waals surface area contributed by atoms with Crippen LogP contribution in [0.5, 0.6) is 11.5 Å². The monoisotopic (exact) mass is 661 g/mol. The largest absolute Gasteiger partial charge is 0.490 e. The minimum absolute atomic E-state index is 0.213. The molecular weight excluding hydrogens is 642 g/mol. The average Bonchev–Trinajstić information content (AvgIpc) is 2.84. The lowest BCUT2D eigenvalue weighted by Crippen LogP contribution is -2.22. The summed E-state index contributed by atoms with van der Waals surface area (Å²) >= 11 is 10.4. The van der Waals surface area contributed by atoms with Crippen LogP contribution in [0.2, 0.25) is 0 Å². The van der Waals surface area contributed by atoms with Gasteiger partial charge in [0, 0.05) is 25.4 Å². The first-order valence-corrected chi connectivity index (χ1v) is 13.4. The van der Waals surface area contributed by atoms with Gasteiger partial charge in [0.25, 0.3) is 5.56 Å². The highest BCUT2D eigenvalue weighted by Crippen LogP contribution is 2.30. The summed E-state index contributed by atoms with van der Waals surface area (Å²) in [5.41, 5.74) is 2.23. The molecule has 0 radical (unpaired) electrons. The first kappa shape index (κ1) is 25.6. The second kappa shape index (κ2) is 11.5. The number of ether oxygens (including phenoxy) is 2. The van der Waals surface area contributed by atoms with Crippen molar-refractivity contribution >= 4 is 64.9 Å². The van der Waals surface area contributed by atoms with Gasteiger partial charge in [0.05, 0.1) is 23.7 Å². The lowest BCUT2D eigenvalue weighted by molar-refractivity contribution is 0.269. The van der Waals surface area contributed by atoms with Crippen molar-refractivity contribution < 1.29 is 9.47 Å². The Kier molecular flexibility index (Phi) is 8.41. The first-order chi connectivity index (χ1) is 16.9. The number of halogens is 3. The van der Waals surface area contributed by atoms with E-state index in [1.165, 1.54) is 4.68 Å². The SMILES string of the molecule is CCOc1cc(C=Nn2c(CC)nc3ccc(Br)cc3c2=O)ccc1OCc1ccc(Br)cc1Br. The van der Waals surface area contributed by atoms with E-state index in [0.717, 1.165) is 24.5 Å². The molecule has 0 amide bonds. The highest BCUT2D eigenvalue weighted by Gasteiger charge is 2.11. The second-order valence-corrected chi connectivity index (χ2v) is 10.3. The Bertz CT molecular complexity index is 1470. The molecule has 0 aliphatic carbocycles. The van der Waals surface area contributed by atoms with Gasteiger partial charge < -0.3 is 9.47 Å². The Morgan fingerprint density at radius 3 is 2.46 bits per heavy atom. The Balaban J connectivity index is 1.63. The number of hydrogen-bond donors (Lipinski definition) is 0. The van der Waals surface area contributed by atoms with Crippen LogP contribution in [0.25, 0.3) is 10.9 Å². The molecule has 0 aliphatic rings. The summed E-state index contributed by atoms with van der Waals surface area (Å²) in [4.78, 5) is 17.7. The Morgan fingerprint density at radius 1 is 0.943 bits per heavy atom. The molecule has 4 aromatic rings. The third kappa shape index (κ3) is 6.02. The van der Waals surface area contributed by atoms with Gasteiger partial charge in [0.1, 0.15) is 12.4 Å². The quantitative estimate of drug-likeness (QED) is 0.189. The fourth-order valence-electron chi connectivity index (χ4n) is 3.45. The van der Waals surface area contributed by atoms with Crippen LogP contribution in [0, 0.1) is 0 Å². The van der Waals surface area contributed by atoms with Gasteiger partial charge in [-0.2, -0.15) is 9.78 Å². The van der Waals surface area contributed by atoms with Crippen LogP contribution in [-0.4, -0.2) is 22.5 Å². The molecule has 1 aromatic heterocycles. The highest BCUT2D eigenvalue weighted by atomic mass is 79.9. The van der Waals surface area contributed by atoms with Crippen LogP contribution in [0.1, 0.15) is 30.8 Å². The van der Waals surface area contributed by atoms with Crippen LogP contribution in [0.15, 0.2) is 77.9 Å². The van der Waals surface area contributed by atoms with Crippen molar-refractivity contribution in [2.24, 2.45) is 5.10 Å². The predicted octanol–water partition coefficient (Wildman–Crippen LogP) is 7.11. The summed E-state index contributed by atoms with van der Waals surface area (Å²) < 4.78 is 16.0. The van der Waals surface area contributed by atoms with Gasteiger partial charge in [-0.3, -0.25) is 4.79 Å². The number of hydrogen-bond acceptors (Lipinski definition) is 5. The van der Waals surface area contributed by atoms with Crippen molar-refractivity contribution in [3.63, 3.8) is 0 Å². The lowest BCUT2D eigenvalue weighted by atomic mass is 10.2. The van der Waals surface area contributed by atoms with E-state index in [-0.39, 0.29) is 5.56 Å². The molecule has 0 aliphatic heterocycles. The van der Waals surface area contributed by atoms with Gasteiger partial charge in [-0.1, -0.05) is 60.8 Å². The minimum Gasteiger partial charge on any atom is -0.490 e. The zero-order valence-corrected chi connectivity index (χ0v) is 23.9. The molecule has 0 unspecified atom stereocenters. The average molecular weight is 664 g/mol. The molecule has 0 atom stereocenters. The first-order valence-electron chi connectivity index (χ1n) is 11.0. The molecule has 6 nitrogen and oxygen atoms in total. The maximum absolute atomic E-state index is 13.1. The van der Waals surface area contributed by atoms with Crippen molar-refractivity contribution in [3.8, 4) is 11.5 Å². The fraction of sp³-hybridized carbons (Fsp3) is 0.192. The zero-order chi connectivity index (χ0) is 24.9. The highest BCUT2D eigenvalue weighted by molar-refractivity contribution is 9.11. The fourth-order valence-corrected chi connectivity index (χ4v) is 4.98. The molecule has 0 bridgehead atoms. The van der Waals surface area contributed by atoms with Gasteiger partial charge in [0.15, 0.2) is 11.5 Å². The third-order valence-corrected chi connectivity index (χ3v) is 6.90. The standard InChI is InChI=1S/C26H22Br3N3O3/c1-3-25-31-22-9-8-18(27)12-20(22)26(33)32(25)30-14-16-5-10-23(24(11-16)34-4-2)35-15-17-6-7-19(28)13-21(17)29/h5-14H,3-4,15H2,1-2H3. The molecule has 180 valence electrons. The molecule has 1 heterocycles. The number of aryl methyl sites for hydroxylation is 1. The van der Waals surface area contributed by atoms with Gasteiger partial charge >= 0.3 is 0 Å². The molecule has 3 aromatic carbocycles. The number of benzene rings is 3. The molecule has 4 rings (SSSR count). The lowest BCUT2D eigenvalue weighted by Gasteiger charge is -2.13. The van der Waals surface area contributed by atoms with Crippen LogP contribution >= 0.6 is 47.8 Å². The number of nitrogens with zero attached hydrogens (tertiary/aromatic N) is 3. The van der Waals surface area contributed by atoms with E-state index in [1.54, 1.807) is 12.3 Å². The van der Waals surface area contributed by atoms with Crippen LogP contribution in [-0.2, 0) is 13.0 Å². The maximum Gasteiger partial charge on any atom is 0.282 e. The predicted molar refractivity (Wildman–Crippen MR) is 150 cm³/mol. The Morgan fingerprint density at radius 2 is 1.71 bits per heavy atom. The van der Waals surface area contributed by atoms with Crippen molar-refractivity contribution in [2.45, 2.75) is 26.9 Å². The molecule has 0 N–H and O–H groups in total. The normalized spacial score (nSPS) is 11.3.